The molecule has 136 valence electrons. The Morgan fingerprint density at radius 2 is 2.00 bits per heavy atom. The average Bonchev–Trinajstić information content (AvgIpc) is 2.98. The predicted octanol–water partition coefficient (Wildman–Crippen LogP) is 3.50. The van der Waals surface area contributed by atoms with Crippen LogP contribution in [-0.2, 0) is 11.3 Å². The smallest absolute Gasteiger partial charge is 0.275 e. The van der Waals surface area contributed by atoms with Crippen LogP contribution in [0.2, 0.25) is 10.0 Å². The molecule has 0 saturated heterocycles. The molecule has 1 aromatic heterocycles. The number of quaternary nitrogens is 1. The summed E-state index contributed by atoms with van der Waals surface area (Å²) in [5, 5.41) is 5.04. The third kappa shape index (κ3) is 4.74. The number of rotatable bonds is 6. The van der Waals surface area contributed by atoms with E-state index in [2.05, 4.69) is 16.4 Å². The maximum atomic E-state index is 12.3. The van der Waals surface area contributed by atoms with Crippen molar-refractivity contribution in [3.8, 4) is 0 Å². The fraction of sp³-hybridized carbons (Fsp3) is 0.263. The van der Waals surface area contributed by atoms with Gasteiger partial charge in [-0.05, 0) is 36.8 Å². The number of aromatic nitrogens is 1. The van der Waals surface area contributed by atoms with Crippen molar-refractivity contribution in [1.29, 1.82) is 0 Å². The number of hydrogen-bond acceptors (Lipinski definition) is 3. The number of halogens is 2. The molecular weight excluding hydrogens is 389 g/mol. The van der Waals surface area contributed by atoms with Gasteiger partial charge in [-0.25, -0.2) is 4.98 Å². The van der Waals surface area contributed by atoms with Gasteiger partial charge in [-0.3, -0.25) is 4.79 Å². The molecule has 0 bridgehead atoms. The van der Waals surface area contributed by atoms with Gasteiger partial charge in [-0.2, -0.15) is 0 Å². The zero-order chi connectivity index (χ0) is 18.7. The Hall–Kier alpha value is -1.66. The van der Waals surface area contributed by atoms with Crippen LogP contribution in [0.5, 0.6) is 0 Å². The second-order valence-corrected chi connectivity index (χ2v) is 8.28. The summed E-state index contributed by atoms with van der Waals surface area (Å²) >= 11 is 13.7. The fourth-order valence-electron chi connectivity index (χ4n) is 2.75. The van der Waals surface area contributed by atoms with Gasteiger partial charge in [0.1, 0.15) is 11.6 Å². The number of fused-ring (bicyclic) bond motifs is 1. The predicted molar refractivity (Wildman–Crippen MR) is 108 cm³/mol. The van der Waals surface area contributed by atoms with Crippen molar-refractivity contribution >= 4 is 50.7 Å². The monoisotopic (exact) mass is 408 g/mol. The lowest BCUT2D eigenvalue weighted by molar-refractivity contribution is -0.885. The summed E-state index contributed by atoms with van der Waals surface area (Å²) in [5.74, 6) is -0.0119. The first kappa shape index (κ1) is 19.1. The minimum absolute atomic E-state index is 0.0119. The summed E-state index contributed by atoms with van der Waals surface area (Å²) in [5.41, 5.74) is 1.94. The van der Waals surface area contributed by atoms with Gasteiger partial charge >= 0.3 is 0 Å². The van der Waals surface area contributed by atoms with E-state index >= 15 is 0 Å². The number of hydrogen-bond donors (Lipinski definition) is 2. The van der Waals surface area contributed by atoms with E-state index in [1.165, 1.54) is 4.70 Å². The number of carbonyl (C=O) groups is 1. The minimum atomic E-state index is -0.132. The third-order valence-electron chi connectivity index (χ3n) is 4.07. The zero-order valence-electron chi connectivity index (χ0n) is 14.6. The second kappa shape index (κ2) is 8.35. The molecule has 0 saturated carbocycles. The Labute approximate surface area is 166 Å². The fourth-order valence-corrected chi connectivity index (χ4v) is 4.14. The largest absolute Gasteiger partial charge is 0.345 e. The van der Waals surface area contributed by atoms with E-state index in [-0.39, 0.29) is 11.9 Å². The summed E-state index contributed by atoms with van der Waals surface area (Å²) < 4.78 is 1.17. The highest BCUT2D eigenvalue weighted by atomic mass is 35.5. The summed E-state index contributed by atoms with van der Waals surface area (Å²) in [6.45, 7) is 3.02. The van der Waals surface area contributed by atoms with Crippen molar-refractivity contribution in [3.63, 3.8) is 0 Å². The highest BCUT2D eigenvalue weighted by Gasteiger charge is 2.16. The van der Waals surface area contributed by atoms with Crippen LogP contribution in [0.15, 0.2) is 42.5 Å². The maximum Gasteiger partial charge on any atom is 0.275 e. The van der Waals surface area contributed by atoms with Gasteiger partial charge in [0.15, 0.2) is 6.54 Å². The normalized spacial score (nSPS) is 13.5. The topological polar surface area (TPSA) is 46.4 Å². The Kier molecular flexibility index (Phi) is 6.14. The van der Waals surface area contributed by atoms with Crippen molar-refractivity contribution in [1.82, 2.24) is 10.3 Å². The number of nitrogens with zero attached hydrogens (tertiary/aromatic N) is 1. The van der Waals surface area contributed by atoms with Crippen molar-refractivity contribution in [2.45, 2.75) is 19.5 Å². The number of nitrogens with one attached hydrogen (secondary N) is 2. The van der Waals surface area contributed by atoms with E-state index in [9.17, 15) is 4.79 Å². The van der Waals surface area contributed by atoms with Crippen molar-refractivity contribution in [2.75, 3.05) is 13.6 Å². The minimum Gasteiger partial charge on any atom is -0.345 e. The second-order valence-electron chi connectivity index (χ2n) is 6.35. The van der Waals surface area contributed by atoms with Crippen molar-refractivity contribution in [3.05, 3.63) is 63.1 Å². The quantitative estimate of drug-likeness (QED) is 0.655. The van der Waals surface area contributed by atoms with Gasteiger partial charge in [0.25, 0.3) is 5.91 Å². The molecular formula is C19H20Cl2N3OS+. The first-order valence-electron chi connectivity index (χ1n) is 8.32. The number of para-hydroxylation sites is 1. The number of amides is 1. The van der Waals surface area contributed by atoms with Crippen LogP contribution in [0.1, 0.15) is 23.5 Å². The molecule has 7 heteroatoms. The standard InChI is InChI=1S/C19H19Cl2N3OS/c1-12(13-7-8-14(20)15(21)9-13)22-18(25)10-24(2)11-19-23-16-5-3-4-6-17(16)26-19/h3-9,12H,10-11H2,1-2H3,(H,22,25)/p+1/t12-/m0/s1. The van der Waals surface area contributed by atoms with E-state index in [0.29, 0.717) is 23.1 Å². The molecule has 1 amide bonds. The van der Waals surface area contributed by atoms with Crippen LogP contribution >= 0.6 is 34.5 Å². The molecule has 0 aliphatic carbocycles. The van der Waals surface area contributed by atoms with Crippen LogP contribution in [-0.4, -0.2) is 24.5 Å². The lowest BCUT2D eigenvalue weighted by Crippen LogP contribution is -3.08. The molecule has 0 spiro atoms. The Morgan fingerprint density at radius 1 is 1.23 bits per heavy atom. The summed E-state index contributed by atoms with van der Waals surface area (Å²) in [4.78, 5) is 18.1. The average molecular weight is 409 g/mol. The van der Waals surface area contributed by atoms with Gasteiger partial charge < -0.3 is 10.2 Å². The van der Waals surface area contributed by atoms with Crippen molar-refractivity contribution < 1.29 is 9.69 Å². The molecule has 2 atom stereocenters. The molecule has 3 rings (SSSR count). The molecule has 1 unspecified atom stereocenters. The zero-order valence-corrected chi connectivity index (χ0v) is 16.9. The maximum absolute atomic E-state index is 12.3. The van der Waals surface area contributed by atoms with E-state index in [0.717, 1.165) is 21.0 Å². The van der Waals surface area contributed by atoms with E-state index in [4.69, 9.17) is 23.2 Å². The van der Waals surface area contributed by atoms with Crippen LogP contribution in [0, 0.1) is 0 Å². The molecule has 2 N–H and O–H groups in total. The molecule has 4 nitrogen and oxygen atoms in total. The van der Waals surface area contributed by atoms with Gasteiger partial charge in [0.05, 0.1) is 33.4 Å². The molecule has 3 aromatic rings. The summed E-state index contributed by atoms with van der Waals surface area (Å²) in [6.07, 6.45) is 0. The number of likely N-dealkylation sites (N-methyl/N-ethyl adjacent to an activating group) is 1. The van der Waals surface area contributed by atoms with E-state index in [1.54, 1.807) is 23.5 Å². The summed E-state index contributed by atoms with van der Waals surface area (Å²) in [6, 6.07) is 13.3. The van der Waals surface area contributed by atoms with Crippen molar-refractivity contribution in [2.24, 2.45) is 0 Å². The van der Waals surface area contributed by atoms with Gasteiger partial charge in [0, 0.05) is 0 Å². The van der Waals surface area contributed by atoms with Gasteiger partial charge in [-0.1, -0.05) is 41.4 Å². The highest BCUT2D eigenvalue weighted by Crippen LogP contribution is 2.25. The molecule has 0 aliphatic rings. The molecule has 0 radical (unpaired) electrons. The Bertz CT molecular complexity index is 895. The van der Waals surface area contributed by atoms with Gasteiger partial charge in [0.2, 0.25) is 0 Å². The summed E-state index contributed by atoms with van der Waals surface area (Å²) in [7, 11) is 2.00. The van der Waals surface area contributed by atoms with E-state index in [1.807, 2.05) is 38.2 Å². The van der Waals surface area contributed by atoms with Crippen LogP contribution in [0.25, 0.3) is 10.2 Å². The van der Waals surface area contributed by atoms with Crippen LogP contribution in [0.4, 0.5) is 0 Å². The molecule has 0 fully saturated rings. The first-order valence-corrected chi connectivity index (χ1v) is 9.89. The number of carbonyl (C=O) groups excluding carboxylic acids is 1. The van der Waals surface area contributed by atoms with E-state index < -0.39 is 0 Å². The van der Waals surface area contributed by atoms with Crippen LogP contribution < -0.4 is 10.2 Å². The first-order chi connectivity index (χ1) is 12.4. The number of benzene rings is 2. The Balaban J connectivity index is 1.55. The molecule has 26 heavy (non-hydrogen) atoms. The highest BCUT2D eigenvalue weighted by molar-refractivity contribution is 7.18. The number of thiazole rings is 1. The Morgan fingerprint density at radius 3 is 2.73 bits per heavy atom. The van der Waals surface area contributed by atoms with Crippen LogP contribution in [0.3, 0.4) is 0 Å². The molecule has 2 aromatic carbocycles. The lowest BCUT2D eigenvalue weighted by atomic mass is 10.1. The SMILES string of the molecule is C[C@H](NC(=O)C[NH+](C)Cc1nc2ccccc2s1)c1ccc(Cl)c(Cl)c1. The molecule has 1 heterocycles. The lowest BCUT2D eigenvalue weighted by Gasteiger charge is -2.17. The third-order valence-corrected chi connectivity index (χ3v) is 5.85. The van der Waals surface area contributed by atoms with Gasteiger partial charge in [-0.15, -0.1) is 11.3 Å². The molecule has 0 aliphatic heterocycles.